The molecule has 0 aliphatic heterocycles. The fourth-order valence-electron chi connectivity index (χ4n) is 1.54. The summed E-state index contributed by atoms with van der Waals surface area (Å²) >= 11 is 0. The Morgan fingerprint density at radius 2 is 2.11 bits per heavy atom. The second-order valence-corrected chi connectivity index (χ2v) is 6.07. The van der Waals surface area contributed by atoms with Crippen LogP contribution >= 0.6 is 0 Å². The molecule has 0 aliphatic rings. The van der Waals surface area contributed by atoms with Crippen LogP contribution in [0.15, 0.2) is 35.7 Å². The van der Waals surface area contributed by atoms with Crippen LogP contribution in [0.1, 0.15) is 13.8 Å². The molecule has 6 heteroatoms. The van der Waals surface area contributed by atoms with Crippen molar-refractivity contribution < 1.29 is 13.5 Å². The number of hydrogen-bond acceptors (Lipinski definition) is 4. The van der Waals surface area contributed by atoms with Crippen LogP contribution in [0.2, 0.25) is 0 Å². The smallest absolute Gasteiger partial charge is 0.243 e. The molecule has 0 aromatic heterocycles. The molecular weight excluding hydrogens is 252 g/mol. The van der Waals surface area contributed by atoms with E-state index in [-0.39, 0.29) is 28.9 Å². The lowest BCUT2D eigenvalue weighted by atomic mass is 10.3. The van der Waals surface area contributed by atoms with Crippen molar-refractivity contribution in [2.45, 2.75) is 24.8 Å². The van der Waals surface area contributed by atoms with Gasteiger partial charge in [0.25, 0.3) is 0 Å². The Hall–Kier alpha value is -1.53. The predicted molar refractivity (Wildman–Crippen MR) is 71.7 cm³/mol. The summed E-state index contributed by atoms with van der Waals surface area (Å²) in [4.78, 5) is 0.0633. The second-order valence-electron chi connectivity index (χ2n) is 4.18. The minimum atomic E-state index is -3.63. The summed E-state index contributed by atoms with van der Waals surface area (Å²) in [6.07, 6.45) is 1.53. The van der Waals surface area contributed by atoms with E-state index in [4.69, 9.17) is 5.73 Å². The maximum atomic E-state index is 12.4. The van der Waals surface area contributed by atoms with Crippen molar-refractivity contribution in [2.75, 3.05) is 12.3 Å². The number of sulfonamides is 1. The molecule has 100 valence electrons. The highest BCUT2D eigenvalue weighted by atomic mass is 32.2. The molecule has 0 heterocycles. The van der Waals surface area contributed by atoms with Crippen LogP contribution in [-0.2, 0) is 10.0 Å². The van der Waals surface area contributed by atoms with E-state index in [0.29, 0.717) is 0 Å². The molecule has 0 amide bonds. The molecule has 0 spiro atoms. The monoisotopic (exact) mass is 270 g/mol. The molecule has 5 nitrogen and oxygen atoms in total. The highest BCUT2D eigenvalue weighted by molar-refractivity contribution is 7.89. The largest absolute Gasteiger partial charge is 0.506 e. The molecule has 0 unspecified atom stereocenters. The van der Waals surface area contributed by atoms with E-state index in [9.17, 15) is 13.5 Å². The molecule has 0 fully saturated rings. The minimum Gasteiger partial charge on any atom is -0.506 e. The third-order valence-electron chi connectivity index (χ3n) is 2.49. The van der Waals surface area contributed by atoms with Gasteiger partial charge in [-0.05, 0) is 32.0 Å². The van der Waals surface area contributed by atoms with Crippen LogP contribution < -0.4 is 5.73 Å². The Labute approximate surface area is 108 Å². The SMILES string of the molecule is C=CCN(C(C)C)S(=O)(=O)c1ccc(O)c(N)c1. The Bertz CT molecular complexity index is 538. The number of benzene rings is 1. The van der Waals surface area contributed by atoms with Crippen molar-refractivity contribution in [3.8, 4) is 5.75 Å². The Kier molecular flexibility index (Phi) is 4.37. The van der Waals surface area contributed by atoms with Gasteiger partial charge in [-0.2, -0.15) is 4.31 Å². The number of phenols is 1. The van der Waals surface area contributed by atoms with E-state index in [1.807, 2.05) is 0 Å². The van der Waals surface area contributed by atoms with E-state index in [0.717, 1.165) is 0 Å². The molecular formula is C12H18N2O3S. The van der Waals surface area contributed by atoms with Crippen molar-refractivity contribution in [2.24, 2.45) is 0 Å². The molecule has 0 atom stereocenters. The summed E-state index contributed by atoms with van der Waals surface area (Å²) in [6.45, 7) is 7.34. The average Bonchev–Trinajstić information content (AvgIpc) is 2.28. The van der Waals surface area contributed by atoms with Gasteiger partial charge in [-0.15, -0.1) is 6.58 Å². The van der Waals surface area contributed by atoms with Gasteiger partial charge < -0.3 is 10.8 Å². The fraction of sp³-hybridized carbons (Fsp3) is 0.333. The summed E-state index contributed by atoms with van der Waals surface area (Å²) in [7, 11) is -3.63. The predicted octanol–water partition coefficient (Wildman–Crippen LogP) is 1.56. The standard InChI is InChI=1S/C12H18N2O3S/c1-4-7-14(9(2)3)18(16,17)10-5-6-12(15)11(13)8-10/h4-6,8-9,15H,1,7,13H2,2-3H3. The lowest BCUT2D eigenvalue weighted by Crippen LogP contribution is -2.37. The average molecular weight is 270 g/mol. The number of nitrogens with two attached hydrogens (primary N) is 1. The van der Waals surface area contributed by atoms with Crippen molar-refractivity contribution in [1.29, 1.82) is 0 Å². The lowest BCUT2D eigenvalue weighted by Gasteiger charge is -2.24. The highest BCUT2D eigenvalue weighted by Gasteiger charge is 2.26. The van der Waals surface area contributed by atoms with Crippen molar-refractivity contribution in [3.63, 3.8) is 0 Å². The van der Waals surface area contributed by atoms with Gasteiger partial charge in [-0.25, -0.2) is 8.42 Å². The highest BCUT2D eigenvalue weighted by Crippen LogP contribution is 2.26. The molecule has 0 bridgehead atoms. The summed E-state index contributed by atoms with van der Waals surface area (Å²) in [5.74, 6) is -0.131. The van der Waals surface area contributed by atoms with Gasteiger partial charge in [0.15, 0.2) is 0 Å². The third-order valence-corrected chi connectivity index (χ3v) is 4.53. The molecule has 1 rings (SSSR count). The first-order valence-electron chi connectivity index (χ1n) is 5.52. The Balaban J connectivity index is 3.26. The fourth-order valence-corrected chi connectivity index (χ4v) is 3.19. The number of rotatable bonds is 5. The number of phenolic OH excluding ortho intramolecular Hbond substituents is 1. The molecule has 0 radical (unpaired) electrons. The first-order chi connectivity index (χ1) is 8.30. The third kappa shape index (κ3) is 2.83. The van der Waals surface area contributed by atoms with Gasteiger partial charge in [0.2, 0.25) is 10.0 Å². The lowest BCUT2D eigenvalue weighted by molar-refractivity contribution is 0.383. The Morgan fingerprint density at radius 3 is 2.56 bits per heavy atom. The number of hydrogen-bond donors (Lipinski definition) is 2. The van der Waals surface area contributed by atoms with Gasteiger partial charge in [-0.1, -0.05) is 6.08 Å². The van der Waals surface area contributed by atoms with E-state index in [1.54, 1.807) is 13.8 Å². The van der Waals surface area contributed by atoms with Crippen LogP contribution in [0.4, 0.5) is 5.69 Å². The maximum absolute atomic E-state index is 12.4. The minimum absolute atomic E-state index is 0.0402. The molecule has 3 N–H and O–H groups in total. The zero-order valence-corrected chi connectivity index (χ0v) is 11.3. The first-order valence-corrected chi connectivity index (χ1v) is 6.96. The summed E-state index contributed by atoms with van der Waals surface area (Å²) in [5, 5.41) is 9.31. The summed E-state index contributed by atoms with van der Waals surface area (Å²) in [5.41, 5.74) is 5.55. The second kappa shape index (κ2) is 5.41. The summed E-state index contributed by atoms with van der Waals surface area (Å²) < 4.78 is 26.0. The molecule has 0 saturated carbocycles. The normalized spacial score (nSPS) is 12.0. The number of nitrogen functional groups attached to an aromatic ring is 1. The van der Waals surface area contributed by atoms with Crippen LogP contribution in [0.5, 0.6) is 5.75 Å². The molecule has 1 aromatic carbocycles. The zero-order valence-electron chi connectivity index (χ0n) is 10.5. The maximum Gasteiger partial charge on any atom is 0.243 e. The van der Waals surface area contributed by atoms with Gasteiger partial charge in [0.1, 0.15) is 5.75 Å². The van der Waals surface area contributed by atoms with Gasteiger partial charge >= 0.3 is 0 Å². The van der Waals surface area contributed by atoms with Crippen LogP contribution in [-0.4, -0.2) is 30.4 Å². The van der Waals surface area contributed by atoms with E-state index in [1.165, 1.54) is 28.6 Å². The van der Waals surface area contributed by atoms with Crippen LogP contribution in [0, 0.1) is 0 Å². The van der Waals surface area contributed by atoms with Gasteiger partial charge in [0.05, 0.1) is 10.6 Å². The van der Waals surface area contributed by atoms with E-state index < -0.39 is 10.0 Å². The molecule has 0 aliphatic carbocycles. The van der Waals surface area contributed by atoms with Gasteiger partial charge in [0, 0.05) is 12.6 Å². The van der Waals surface area contributed by atoms with Crippen molar-refractivity contribution >= 4 is 15.7 Å². The van der Waals surface area contributed by atoms with E-state index in [2.05, 4.69) is 6.58 Å². The molecule has 0 saturated heterocycles. The molecule has 1 aromatic rings. The number of anilines is 1. The number of aromatic hydroxyl groups is 1. The quantitative estimate of drug-likeness (QED) is 0.483. The topological polar surface area (TPSA) is 83.6 Å². The Morgan fingerprint density at radius 1 is 1.50 bits per heavy atom. The zero-order chi connectivity index (χ0) is 13.9. The summed E-state index contributed by atoms with van der Waals surface area (Å²) in [6, 6.07) is 3.67. The molecule has 18 heavy (non-hydrogen) atoms. The van der Waals surface area contributed by atoms with Crippen molar-refractivity contribution in [1.82, 2.24) is 4.31 Å². The van der Waals surface area contributed by atoms with Gasteiger partial charge in [-0.3, -0.25) is 0 Å². The number of nitrogens with zero attached hydrogens (tertiary/aromatic N) is 1. The first kappa shape index (κ1) is 14.5. The van der Waals surface area contributed by atoms with Crippen molar-refractivity contribution in [3.05, 3.63) is 30.9 Å². The van der Waals surface area contributed by atoms with Crippen LogP contribution in [0.3, 0.4) is 0 Å². The van der Waals surface area contributed by atoms with E-state index >= 15 is 0 Å². The van der Waals surface area contributed by atoms with Crippen LogP contribution in [0.25, 0.3) is 0 Å².